The summed E-state index contributed by atoms with van der Waals surface area (Å²) < 4.78 is 0. The van der Waals surface area contributed by atoms with Crippen molar-refractivity contribution < 1.29 is 4.79 Å². The molecule has 1 unspecified atom stereocenters. The average Bonchev–Trinajstić information content (AvgIpc) is 2.81. The molecule has 1 heterocycles. The fourth-order valence-electron chi connectivity index (χ4n) is 2.07. The summed E-state index contributed by atoms with van der Waals surface area (Å²) in [6, 6.07) is 11.8. The molecule has 0 radical (unpaired) electrons. The van der Waals surface area contributed by atoms with Gasteiger partial charge in [0, 0.05) is 34.0 Å². The molecular formula is C17H20N2OS. The topological polar surface area (TPSA) is 55.1 Å². The third kappa shape index (κ3) is 5.08. The number of nitrogens with two attached hydrogens (primary N) is 1. The van der Waals surface area contributed by atoms with Crippen LogP contribution in [0.25, 0.3) is 6.08 Å². The molecule has 0 aliphatic heterocycles. The zero-order valence-corrected chi connectivity index (χ0v) is 13.1. The molecule has 0 saturated carbocycles. The number of hydrogen-bond acceptors (Lipinski definition) is 3. The molecule has 2 rings (SSSR count). The van der Waals surface area contributed by atoms with Crippen LogP contribution in [0.5, 0.6) is 0 Å². The first-order valence-electron chi connectivity index (χ1n) is 6.92. The van der Waals surface area contributed by atoms with Gasteiger partial charge in [0.15, 0.2) is 0 Å². The molecule has 4 heteroatoms. The summed E-state index contributed by atoms with van der Waals surface area (Å²) in [6.45, 7) is 4.10. The number of carbonyl (C=O) groups excluding carboxylic acids is 1. The Labute approximate surface area is 129 Å². The Balaban J connectivity index is 1.86. The smallest absolute Gasteiger partial charge is 0.244 e. The standard InChI is InChI=1S/C17H20N2OS/c1-12(10-16-8-6-13(2)21-16)19-17(20)9-7-14-4-3-5-15(18)11-14/h3-9,11-12H,10,18H2,1-2H3,(H,19,20)/b9-7+. The number of rotatable bonds is 5. The van der Waals surface area contributed by atoms with Crippen molar-refractivity contribution in [2.24, 2.45) is 0 Å². The molecule has 1 amide bonds. The van der Waals surface area contributed by atoms with Crippen molar-refractivity contribution in [2.75, 3.05) is 5.73 Å². The summed E-state index contributed by atoms with van der Waals surface area (Å²) in [5, 5.41) is 2.97. The normalized spacial score (nSPS) is 12.5. The van der Waals surface area contributed by atoms with Gasteiger partial charge in [-0.3, -0.25) is 4.79 Å². The first-order valence-corrected chi connectivity index (χ1v) is 7.74. The fourth-order valence-corrected chi connectivity index (χ4v) is 3.09. The summed E-state index contributed by atoms with van der Waals surface area (Å²) in [6.07, 6.45) is 4.18. The van der Waals surface area contributed by atoms with Crippen LogP contribution in [-0.4, -0.2) is 11.9 Å². The van der Waals surface area contributed by atoms with Crippen molar-refractivity contribution in [1.29, 1.82) is 0 Å². The zero-order valence-electron chi connectivity index (χ0n) is 12.3. The Bertz CT molecular complexity index is 646. The molecule has 1 atom stereocenters. The Morgan fingerprint density at radius 3 is 2.86 bits per heavy atom. The largest absolute Gasteiger partial charge is 0.399 e. The highest BCUT2D eigenvalue weighted by atomic mass is 32.1. The Morgan fingerprint density at radius 2 is 2.19 bits per heavy atom. The molecule has 21 heavy (non-hydrogen) atoms. The van der Waals surface area contributed by atoms with Gasteiger partial charge in [-0.05, 0) is 49.8 Å². The Morgan fingerprint density at radius 1 is 1.38 bits per heavy atom. The van der Waals surface area contributed by atoms with E-state index in [2.05, 4.69) is 24.4 Å². The molecule has 0 bridgehead atoms. The molecule has 0 aliphatic carbocycles. The van der Waals surface area contributed by atoms with Crippen LogP contribution in [0.1, 0.15) is 22.2 Å². The first kappa shape index (κ1) is 15.3. The second kappa shape index (κ2) is 7.09. The van der Waals surface area contributed by atoms with Crippen LogP contribution < -0.4 is 11.1 Å². The van der Waals surface area contributed by atoms with Gasteiger partial charge < -0.3 is 11.1 Å². The summed E-state index contributed by atoms with van der Waals surface area (Å²) in [7, 11) is 0. The number of carbonyl (C=O) groups is 1. The number of nitrogen functional groups attached to an aromatic ring is 1. The van der Waals surface area contributed by atoms with Crippen molar-refractivity contribution >= 4 is 29.0 Å². The molecule has 3 nitrogen and oxygen atoms in total. The van der Waals surface area contributed by atoms with Crippen LogP contribution in [0.15, 0.2) is 42.5 Å². The predicted molar refractivity (Wildman–Crippen MR) is 90.3 cm³/mol. The molecule has 1 aromatic heterocycles. The molecule has 3 N–H and O–H groups in total. The van der Waals surface area contributed by atoms with Gasteiger partial charge in [-0.25, -0.2) is 0 Å². The van der Waals surface area contributed by atoms with Crippen molar-refractivity contribution in [2.45, 2.75) is 26.3 Å². The lowest BCUT2D eigenvalue weighted by atomic mass is 10.2. The molecule has 110 valence electrons. The quantitative estimate of drug-likeness (QED) is 0.657. The average molecular weight is 300 g/mol. The van der Waals surface area contributed by atoms with E-state index in [1.807, 2.05) is 31.2 Å². The van der Waals surface area contributed by atoms with E-state index in [1.54, 1.807) is 23.5 Å². The summed E-state index contributed by atoms with van der Waals surface area (Å²) >= 11 is 1.77. The van der Waals surface area contributed by atoms with Crippen LogP contribution in [0.4, 0.5) is 5.69 Å². The number of anilines is 1. The number of hydrogen-bond donors (Lipinski definition) is 2. The highest BCUT2D eigenvalue weighted by Gasteiger charge is 2.07. The minimum absolute atomic E-state index is 0.0850. The van der Waals surface area contributed by atoms with Gasteiger partial charge in [0.2, 0.25) is 5.91 Å². The van der Waals surface area contributed by atoms with Crippen LogP contribution in [0.3, 0.4) is 0 Å². The predicted octanol–water partition coefficient (Wildman–Crippen LogP) is 3.40. The number of nitrogens with one attached hydrogen (secondary N) is 1. The van der Waals surface area contributed by atoms with E-state index in [0.717, 1.165) is 12.0 Å². The number of aryl methyl sites for hydroxylation is 1. The first-order chi connectivity index (χ1) is 10.0. The lowest BCUT2D eigenvalue weighted by molar-refractivity contribution is -0.117. The van der Waals surface area contributed by atoms with Crippen LogP contribution in [0, 0.1) is 6.92 Å². The molecule has 0 spiro atoms. The monoisotopic (exact) mass is 300 g/mol. The molecule has 0 saturated heterocycles. The van der Waals surface area contributed by atoms with Crippen molar-refractivity contribution in [1.82, 2.24) is 5.32 Å². The molecular weight excluding hydrogens is 280 g/mol. The summed E-state index contributed by atoms with van der Waals surface area (Å²) in [5.41, 5.74) is 7.32. The third-order valence-corrected chi connectivity index (χ3v) is 4.05. The summed E-state index contributed by atoms with van der Waals surface area (Å²) in [4.78, 5) is 14.5. The third-order valence-electron chi connectivity index (χ3n) is 3.03. The van der Waals surface area contributed by atoms with E-state index < -0.39 is 0 Å². The lowest BCUT2D eigenvalue weighted by Gasteiger charge is -2.11. The molecule has 2 aromatic rings. The maximum atomic E-state index is 11.9. The highest BCUT2D eigenvalue weighted by Crippen LogP contribution is 2.16. The van der Waals surface area contributed by atoms with Crippen molar-refractivity contribution in [3.63, 3.8) is 0 Å². The molecule has 0 fully saturated rings. The highest BCUT2D eigenvalue weighted by molar-refractivity contribution is 7.11. The number of thiophene rings is 1. The second-order valence-electron chi connectivity index (χ2n) is 5.13. The van der Waals surface area contributed by atoms with Gasteiger partial charge >= 0.3 is 0 Å². The van der Waals surface area contributed by atoms with Gasteiger partial charge in [0.05, 0.1) is 0 Å². The molecule has 1 aromatic carbocycles. The lowest BCUT2D eigenvalue weighted by Crippen LogP contribution is -2.32. The van der Waals surface area contributed by atoms with Gasteiger partial charge in [0.25, 0.3) is 0 Å². The zero-order chi connectivity index (χ0) is 15.2. The van der Waals surface area contributed by atoms with E-state index >= 15 is 0 Å². The van der Waals surface area contributed by atoms with Gasteiger partial charge in [-0.15, -0.1) is 11.3 Å². The van der Waals surface area contributed by atoms with Crippen LogP contribution in [0.2, 0.25) is 0 Å². The summed E-state index contributed by atoms with van der Waals surface area (Å²) in [5.74, 6) is -0.0850. The minimum atomic E-state index is -0.0850. The number of benzene rings is 1. The Kier molecular flexibility index (Phi) is 5.17. The van der Waals surface area contributed by atoms with Gasteiger partial charge in [-0.2, -0.15) is 0 Å². The molecule has 0 aliphatic rings. The van der Waals surface area contributed by atoms with Gasteiger partial charge in [0.1, 0.15) is 0 Å². The van der Waals surface area contributed by atoms with Gasteiger partial charge in [-0.1, -0.05) is 12.1 Å². The van der Waals surface area contributed by atoms with E-state index in [1.165, 1.54) is 9.75 Å². The maximum Gasteiger partial charge on any atom is 0.244 e. The number of amides is 1. The fraction of sp³-hybridized carbons (Fsp3) is 0.235. The van der Waals surface area contributed by atoms with Crippen molar-refractivity contribution in [3.05, 3.63) is 57.8 Å². The minimum Gasteiger partial charge on any atom is -0.399 e. The van der Waals surface area contributed by atoms with E-state index in [4.69, 9.17) is 5.73 Å². The maximum absolute atomic E-state index is 11.9. The Hall–Kier alpha value is -2.07. The van der Waals surface area contributed by atoms with Crippen LogP contribution >= 0.6 is 11.3 Å². The van der Waals surface area contributed by atoms with E-state index in [-0.39, 0.29) is 11.9 Å². The van der Waals surface area contributed by atoms with E-state index in [9.17, 15) is 4.79 Å². The SMILES string of the molecule is Cc1ccc(CC(C)NC(=O)/C=C/c2cccc(N)c2)s1. The second-order valence-corrected chi connectivity index (χ2v) is 6.50. The van der Waals surface area contributed by atoms with Crippen molar-refractivity contribution in [3.8, 4) is 0 Å². The van der Waals surface area contributed by atoms with Crippen LogP contribution in [-0.2, 0) is 11.2 Å². The van der Waals surface area contributed by atoms with E-state index in [0.29, 0.717) is 5.69 Å².